The highest BCUT2D eigenvalue weighted by atomic mass is 16.5. The van der Waals surface area contributed by atoms with Crippen molar-refractivity contribution in [2.75, 3.05) is 34.5 Å². The maximum Gasteiger partial charge on any atom is 0.124 e. The van der Waals surface area contributed by atoms with Gasteiger partial charge in [-0.05, 0) is 25.2 Å². The minimum Gasteiger partial charge on any atom is -0.497 e. The van der Waals surface area contributed by atoms with E-state index < -0.39 is 6.10 Å². The molecule has 102 valence electrons. The van der Waals surface area contributed by atoms with Crippen molar-refractivity contribution in [2.45, 2.75) is 12.6 Å². The van der Waals surface area contributed by atoms with Gasteiger partial charge in [0.25, 0.3) is 0 Å². The second-order valence-electron chi connectivity index (χ2n) is 3.92. The van der Waals surface area contributed by atoms with Gasteiger partial charge in [0.15, 0.2) is 0 Å². The van der Waals surface area contributed by atoms with Crippen LogP contribution in [0.15, 0.2) is 18.2 Å². The molecule has 1 rings (SSSR count). The molecule has 0 aromatic heterocycles. The third-order valence-electron chi connectivity index (χ3n) is 2.43. The van der Waals surface area contributed by atoms with Crippen LogP contribution in [0, 0.1) is 0 Å². The SMILES string of the molecule is CNCc1cc(OC)ccc1OCC(O)COC. The Hall–Kier alpha value is -1.30. The Bertz CT molecular complexity index is 357. The monoisotopic (exact) mass is 255 g/mol. The number of rotatable bonds is 8. The molecule has 0 bridgehead atoms. The number of hydrogen-bond acceptors (Lipinski definition) is 5. The molecule has 1 aromatic rings. The predicted molar refractivity (Wildman–Crippen MR) is 69.1 cm³/mol. The van der Waals surface area contributed by atoms with Gasteiger partial charge in [0, 0.05) is 19.2 Å². The van der Waals surface area contributed by atoms with Gasteiger partial charge in [-0.1, -0.05) is 0 Å². The second-order valence-corrected chi connectivity index (χ2v) is 3.92. The van der Waals surface area contributed by atoms with E-state index in [0.717, 1.165) is 17.1 Å². The van der Waals surface area contributed by atoms with Crippen LogP contribution in [0.1, 0.15) is 5.56 Å². The summed E-state index contributed by atoms with van der Waals surface area (Å²) in [5, 5.41) is 12.6. The summed E-state index contributed by atoms with van der Waals surface area (Å²) in [5.41, 5.74) is 0.987. The molecule has 0 fully saturated rings. The highest BCUT2D eigenvalue weighted by Crippen LogP contribution is 2.24. The molecule has 0 saturated heterocycles. The van der Waals surface area contributed by atoms with Crippen molar-refractivity contribution in [3.8, 4) is 11.5 Å². The molecule has 0 radical (unpaired) electrons. The average Bonchev–Trinajstić information content (AvgIpc) is 2.38. The van der Waals surface area contributed by atoms with Crippen molar-refractivity contribution < 1.29 is 19.3 Å². The highest BCUT2D eigenvalue weighted by Gasteiger charge is 2.08. The molecule has 0 heterocycles. The standard InChI is InChI=1S/C13H21NO4/c1-14-7-10-6-12(17-3)4-5-13(10)18-9-11(15)8-16-2/h4-6,11,14-15H,7-9H2,1-3H3. The first-order valence-electron chi connectivity index (χ1n) is 5.82. The fourth-order valence-electron chi connectivity index (χ4n) is 1.58. The molecular weight excluding hydrogens is 234 g/mol. The van der Waals surface area contributed by atoms with Gasteiger partial charge in [-0.15, -0.1) is 0 Å². The molecular formula is C13H21NO4. The Kier molecular flexibility index (Phi) is 6.49. The number of nitrogens with one attached hydrogen (secondary N) is 1. The van der Waals surface area contributed by atoms with Gasteiger partial charge in [0.1, 0.15) is 24.2 Å². The number of hydrogen-bond donors (Lipinski definition) is 2. The summed E-state index contributed by atoms with van der Waals surface area (Å²) in [4.78, 5) is 0. The van der Waals surface area contributed by atoms with Gasteiger partial charge in [-0.3, -0.25) is 0 Å². The molecule has 0 aliphatic heterocycles. The van der Waals surface area contributed by atoms with E-state index >= 15 is 0 Å². The van der Waals surface area contributed by atoms with Crippen LogP contribution < -0.4 is 14.8 Å². The van der Waals surface area contributed by atoms with Crippen LogP contribution in [0.3, 0.4) is 0 Å². The number of aliphatic hydroxyl groups excluding tert-OH is 1. The van der Waals surface area contributed by atoms with E-state index in [2.05, 4.69) is 5.32 Å². The van der Waals surface area contributed by atoms with Gasteiger partial charge in [-0.2, -0.15) is 0 Å². The van der Waals surface area contributed by atoms with Crippen LogP contribution >= 0.6 is 0 Å². The van der Waals surface area contributed by atoms with Crippen LogP contribution in [-0.4, -0.2) is 45.7 Å². The lowest BCUT2D eigenvalue weighted by molar-refractivity contribution is 0.0323. The van der Waals surface area contributed by atoms with Crippen molar-refractivity contribution in [1.82, 2.24) is 5.32 Å². The summed E-state index contributed by atoms with van der Waals surface area (Å²) in [7, 11) is 5.04. The summed E-state index contributed by atoms with van der Waals surface area (Å²) in [5.74, 6) is 1.52. The van der Waals surface area contributed by atoms with E-state index in [9.17, 15) is 5.11 Å². The van der Waals surface area contributed by atoms with E-state index in [-0.39, 0.29) is 13.2 Å². The average molecular weight is 255 g/mol. The van der Waals surface area contributed by atoms with E-state index in [1.165, 1.54) is 0 Å². The number of ether oxygens (including phenoxy) is 3. The highest BCUT2D eigenvalue weighted by molar-refractivity contribution is 5.40. The zero-order chi connectivity index (χ0) is 13.4. The van der Waals surface area contributed by atoms with Gasteiger partial charge in [0.2, 0.25) is 0 Å². The molecule has 0 saturated carbocycles. The van der Waals surface area contributed by atoms with Crippen LogP contribution in [-0.2, 0) is 11.3 Å². The van der Waals surface area contributed by atoms with Crippen LogP contribution in [0.25, 0.3) is 0 Å². The number of benzene rings is 1. The molecule has 5 nitrogen and oxygen atoms in total. The van der Waals surface area contributed by atoms with Gasteiger partial charge >= 0.3 is 0 Å². The van der Waals surface area contributed by atoms with Crippen LogP contribution in [0.4, 0.5) is 0 Å². The first-order valence-corrected chi connectivity index (χ1v) is 5.82. The van der Waals surface area contributed by atoms with Crippen molar-refractivity contribution in [1.29, 1.82) is 0 Å². The Morgan fingerprint density at radius 3 is 2.67 bits per heavy atom. The third kappa shape index (κ3) is 4.52. The van der Waals surface area contributed by atoms with Crippen LogP contribution in [0.5, 0.6) is 11.5 Å². The Labute approximate surface area is 108 Å². The van der Waals surface area contributed by atoms with Gasteiger partial charge < -0.3 is 24.6 Å². The summed E-state index contributed by atoms with van der Waals surface area (Å²) in [6, 6.07) is 5.58. The van der Waals surface area contributed by atoms with Crippen molar-refractivity contribution in [3.63, 3.8) is 0 Å². The van der Waals surface area contributed by atoms with Gasteiger partial charge in [0.05, 0.1) is 13.7 Å². The fraction of sp³-hybridized carbons (Fsp3) is 0.538. The van der Waals surface area contributed by atoms with Crippen molar-refractivity contribution >= 4 is 0 Å². The Morgan fingerprint density at radius 2 is 2.06 bits per heavy atom. The third-order valence-corrected chi connectivity index (χ3v) is 2.43. The number of methoxy groups -OCH3 is 2. The molecule has 0 aliphatic carbocycles. The first kappa shape index (κ1) is 14.8. The van der Waals surface area contributed by atoms with E-state index in [1.807, 2.05) is 25.2 Å². The first-order chi connectivity index (χ1) is 8.71. The lowest BCUT2D eigenvalue weighted by Gasteiger charge is -2.15. The fourth-order valence-corrected chi connectivity index (χ4v) is 1.58. The second kappa shape index (κ2) is 7.92. The molecule has 18 heavy (non-hydrogen) atoms. The predicted octanol–water partition coefficient (Wildman–Crippen LogP) is 0.801. The lowest BCUT2D eigenvalue weighted by Crippen LogP contribution is -2.23. The normalized spacial score (nSPS) is 12.2. The Morgan fingerprint density at radius 1 is 1.28 bits per heavy atom. The molecule has 0 aliphatic rings. The molecule has 1 atom stereocenters. The summed E-state index contributed by atoms with van der Waals surface area (Å²) < 4.78 is 15.6. The summed E-state index contributed by atoms with van der Waals surface area (Å²) in [6.07, 6.45) is -0.625. The zero-order valence-corrected chi connectivity index (χ0v) is 11.1. The minimum atomic E-state index is -0.625. The molecule has 1 unspecified atom stereocenters. The summed E-state index contributed by atoms with van der Waals surface area (Å²) >= 11 is 0. The molecule has 1 aromatic carbocycles. The lowest BCUT2D eigenvalue weighted by atomic mass is 10.2. The quantitative estimate of drug-likeness (QED) is 0.719. The molecule has 0 amide bonds. The Balaban J connectivity index is 2.68. The molecule has 5 heteroatoms. The smallest absolute Gasteiger partial charge is 0.124 e. The zero-order valence-electron chi connectivity index (χ0n) is 11.1. The molecule has 0 spiro atoms. The van der Waals surface area contributed by atoms with E-state index in [0.29, 0.717) is 6.54 Å². The maximum atomic E-state index is 9.54. The van der Waals surface area contributed by atoms with Crippen LogP contribution in [0.2, 0.25) is 0 Å². The summed E-state index contributed by atoms with van der Waals surface area (Å²) in [6.45, 7) is 1.14. The minimum absolute atomic E-state index is 0.205. The van der Waals surface area contributed by atoms with E-state index in [4.69, 9.17) is 14.2 Å². The van der Waals surface area contributed by atoms with Gasteiger partial charge in [-0.25, -0.2) is 0 Å². The van der Waals surface area contributed by atoms with E-state index in [1.54, 1.807) is 14.2 Å². The topological polar surface area (TPSA) is 60.0 Å². The molecule has 2 N–H and O–H groups in total. The maximum absolute atomic E-state index is 9.54. The van der Waals surface area contributed by atoms with Crippen molar-refractivity contribution in [2.24, 2.45) is 0 Å². The largest absolute Gasteiger partial charge is 0.497 e. The number of aliphatic hydroxyl groups is 1. The van der Waals surface area contributed by atoms with Crippen molar-refractivity contribution in [3.05, 3.63) is 23.8 Å².